The Labute approximate surface area is 162 Å². The summed E-state index contributed by atoms with van der Waals surface area (Å²) in [4.78, 5) is 10.2. The van der Waals surface area contributed by atoms with Crippen molar-refractivity contribution >= 4 is 6.29 Å². The van der Waals surface area contributed by atoms with E-state index in [4.69, 9.17) is 0 Å². The summed E-state index contributed by atoms with van der Waals surface area (Å²) in [7, 11) is 0. The Kier molecular flexibility index (Phi) is 18.0. The molecule has 0 saturated heterocycles. The van der Waals surface area contributed by atoms with Gasteiger partial charge in [-0.2, -0.15) is 0 Å². The molecule has 1 heteroatoms. The van der Waals surface area contributed by atoms with E-state index in [-0.39, 0.29) is 0 Å². The maximum atomic E-state index is 10.2. The highest BCUT2D eigenvalue weighted by atomic mass is 16.1. The summed E-state index contributed by atoms with van der Waals surface area (Å²) in [5.41, 5.74) is 0. The Morgan fingerprint density at radius 2 is 1.31 bits per heavy atom. The lowest BCUT2D eigenvalue weighted by molar-refractivity contribution is -0.107. The van der Waals surface area contributed by atoms with E-state index in [9.17, 15) is 4.79 Å². The van der Waals surface area contributed by atoms with Crippen molar-refractivity contribution in [2.24, 2.45) is 11.8 Å². The molecule has 0 aromatic heterocycles. The van der Waals surface area contributed by atoms with Crippen molar-refractivity contribution in [3.05, 3.63) is 72.9 Å². The normalized spacial score (nSPS) is 15.5. The Morgan fingerprint density at radius 3 is 2.00 bits per heavy atom. The number of hydrogen-bond acceptors (Lipinski definition) is 1. The largest absolute Gasteiger partial charge is 0.303 e. The Bertz CT molecular complexity index is 488. The second kappa shape index (κ2) is 19.4. The molecule has 0 spiro atoms. The van der Waals surface area contributed by atoms with E-state index in [2.05, 4.69) is 93.7 Å². The standard InChI is InChI=1S/C25H38O/c1-4-5-6-7-8-9-12-15-18-21-24(2)25(3)22-19-16-13-10-11-14-17-20-23-26/h5-6,8-9,11,13-16,18-19,22-25H,4,7,10,12,17,20-21H2,1-3H3/b6-5-,9-8-,14-11-,16-13-,18-15-,22-19+/t24?,25-/m0/s1. The summed E-state index contributed by atoms with van der Waals surface area (Å²) in [5, 5.41) is 0. The molecule has 0 rings (SSSR count). The van der Waals surface area contributed by atoms with Crippen LogP contribution in [-0.2, 0) is 4.79 Å². The van der Waals surface area contributed by atoms with Gasteiger partial charge in [0.1, 0.15) is 6.29 Å². The van der Waals surface area contributed by atoms with Crippen LogP contribution in [0.4, 0.5) is 0 Å². The molecule has 26 heavy (non-hydrogen) atoms. The van der Waals surface area contributed by atoms with Crippen LogP contribution in [0.1, 0.15) is 65.7 Å². The van der Waals surface area contributed by atoms with Gasteiger partial charge in [-0.15, -0.1) is 0 Å². The molecule has 0 saturated carbocycles. The van der Waals surface area contributed by atoms with Crippen LogP contribution in [0, 0.1) is 11.8 Å². The minimum atomic E-state index is 0.571. The molecule has 1 unspecified atom stereocenters. The van der Waals surface area contributed by atoms with Crippen LogP contribution in [0.25, 0.3) is 0 Å². The summed E-state index contributed by atoms with van der Waals surface area (Å²) in [6, 6.07) is 0. The fraction of sp³-hybridized carbons (Fsp3) is 0.480. The molecule has 0 N–H and O–H groups in total. The highest BCUT2D eigenvalue weighted by Crippen LogP contribution is 2.17. The Morgan fingerprint density at radius 1 is 0.692 bits per heavy atom. The fourth-order valence-electron chi connectivity index (χ4n) is 2.28. The van der Waals surface area contributed by atoms with Gasteiger partial charge in [0.25, 0.3) is 0 Å². The quantitative estimate of drug-likeness (QED) is 0.128. The van der Waals surface area contributed by atoms with Crippen molar-refractivity contribution in [1.29, 1.82) is 0 Å². The first-order valence-electron chi connectivity index (χ1n) is 10.1. The molecular weight excluding hydrogens is 316 g/mol. The zero-order valence-corrected chi connectivity index (χ0v) is 17.0. The van der Waals surface area contributed by atoms with Crippen LogP contribution in [0.5, 0.6) is 0 Å². The van der Waals surface area contributed by atoms with E-state index in [0.29, 0.717) is 18.3 Å². The topological polar surface area (TPSA) is 17.1 Å². The highest BCUT2D eigenvalue weighted by molar-refractivity contribution is 5.49. The van der Waals surface area contributed by atoms with Crippen LogP contribution in [0.2, 0.25) is 0 Å². The zero-order valence-electron chi connectivity index (χ0n) is 17.0. The van der Waals surface area contributed by atoms with E-state index in [0.717, 1.165) is 44.8 Å². The second-order valence-electron chi connectivity index (χ2n) is 6.63. The van der Waals surface area contributed by atoms with Gasteiger partial charge in [-0.25, -0.2) is 0 Å². The van der Waals surface area contributed by atoms with Gasteiger partial charge in [0, 0.05) is 6.42 Å². The Balaban J connectivity index is 3.88. The number of carbonyl (C=O) groups excluding carboxylic acids is 1. The lowest BCUT2D eigenvalue weighted by Gasteiger charge is -2.13. The molecule has 0 aromatic carbocycles. The molecule has 2 atom stereocenters. The molecule has 0 fully saturated rings. The smallest absolute Gasteiger partial charge is 0.120 e. The number of allylic oxidation sites excluding steroid dienone is 12. The predicted octanol–water partition coefficient (Wildman–Crippen LogP) is 7.55. The van der Waals surface area contributed by atoms with Gasteiger partial charge in [0.05, 0.1) is 0 Å². The van der Waals surface area contributed by atoms with E-state index in [1.165, 1.54) is 0 Å². The van der Waals surface area contributed by atoms with Crippen molar-refractivity contribution in [3.8, 4) is 0 Å². The minimum Gasteiger partial charge on any atom is -0.303 e. The van der Waals surface area contributed by atoms with Crippen molar-refractivity contribution < 1.29 is 4.79 Å². The first-order valence-corrected chi connectivity index (χ1v) is 10.1. The third kappa shape index (κ3) is 17.0. The van der Waals surface area contributed by atoms with Crippen LogP contribution in [0.15, 0.2) is 72.9 Å². The lowest BCUT2D eigenvalue weighted by Crippen LogP contribution is -2.03. The van der Waals surface area contributed by atoms with Gasteiger partial charge >= 0.3 is 0 Å². The summed E-state index contributed by atoms with van der Waals surface area (Å²) < 4.78 is 0. The number of aldehydes is 1. The van der Waals surface area contributed by atoms with Gasteiger partial charge in [-0.3, -0.25) is 0 Å². The molecule has 0 bridgehead atoms. The third-order valence-corrected chi connectivity index (χ3v) is 4.24. The second-order valence-corrected chi connectivity index (χ2v) is 6.63. The molecule has 0 aromatic rings. The van der Waals surface area contributed by atoms with Gasteiger partial charge < -0.3 is 4.79 Å². The van der Waals surface area contributed by atoms with E-state index in [1.807, 2.05) is 0 Å². The average molecular weight is 355 g/mol. The highest BCUT2D eigenvalue weighted by Gasteiger charge is 2.06. The summed E-state index contributed by atoms with van der Waals surface area (Å²) in [6.07, 6.45) is 34.0. The van der Waals surface area contributed by atoms with E-state index < -0.39 is 0 Å². The van der Waals surface area contributed by atoms with Crippen LogP contribution in [0.3, 0.4) is 0 Å². The zero-order chi connectivity index (χ0) is 19.3. The maximum Gasteiger partial charge on any atom is 0.120 e. The molecular formula is C25H38O. The number of unbranched alkanes of at least 4 members (excludes halogenated alkanes) is 1. The van der Waals surface area contributed by atoms with Crippen LogP contribution >= 0.6 is 0 Å². The van der Waals surface area contributed by atoms with Gasteiger partial charge in [-0.1, -0.05) is 93.7 Å². The predicted molar refractivity (Wildman–Crippen MR) is 117 cm³/mol. The van der Waals surface area contributed by atoms with Crippen molar-refractivity contribution in [2.45, 2.75) is 65.7 Å². The van der Waals surface area contributed by atoms with Gasteiger partial charge in [-0.05, 0) is 50.4 Å². The minimum absolute atomic E-state index is 0.571. The third-order valence-electron chi connectivity index (χ3n) is 4.24. The van der Waals surface area contributed by atoms with Crippen molar-refractivity contribution in [1.82, 2.24) is 0 Å². The summed E-state index contributed by atoms with van der Waals surface area (Å²) in [6.45, 7) is 6.75. The first kappa shape index (κ1) is 24.1. The average Bonchev–Trinajstić information content (AvgIpc) is 2.65. The molecule has 0 aliphatic rings. The number of carbonyl (C=O) groups is 1. The number of hydrogen-bond donors (Lipinski definition) is 0. The summed E-state index contributed by atoms with van der Waals surface area (Å²) >= 11 is 0. The molecule has 144 valence electrons. The van der Waals surface area contributed by atoms with E-state index in [1.54, 1.807) is 0 Å². The number of rotatable bonds is 15. The fourth-order valence-corrected chi connectivity index (χ4v) is 2.28. The Hall–Kier alpha value is -1.89. The SMILES string of the molecule is CC/C=C\C/C=C\C/C=C\CC(C)[C@@H](C)/C=C/C=C\C/C=C\CCC=O. The molecule has 0 heterocycles. The molecule has 0 aliphatic heterocycles. The van der Waals surface area contributed by atoms with Crippen LogP contribution in [-0.4, -0.2) is 6.29 Å². The summed E-state index contributed by atoms with van der Waals surface area (Å²) in [5.74, 6) is 1.22. The molecule has 1 nitrogen and oxygen atoms in total. The first-order chi connectivity index (χ1) is 12.7. The molecule has 0 radical (unpaired) electrons. The van der Waals surface area contributed by atoms with Crippen LogP contribution < -0.4 is 0 Å². The molecule has 0 amide bonds. The van der Waals surface area contributed by atoms with Crippen molar-refractivity contribution in [2.75, 3.05) is 0 Å². The van der Waals surface area contributed by atoms with E-state index >= 15 is 0 Å². The van der Waals surface area contributed by atoms with Gasteiger partial charge in [0.15, 0.2) is 0 Å². The monoisotopic (exact) mass is 354 g/mol. The van der Waals surface area contributed by atoms with Gasteiger partial charge in [0.2, 0.25) is 0 Å². The lowest BCUT2D eigenvalue weighted by atomic mass is 9.92. The van der Waals surface area contributed by atoms with Crippen molar-refractivity contribution in [3.63, 3.8) is 0 Å². The maximum absolute atomic E-state index is 10.2. The molecule has 0 aliphatic carbocycles.